The zero-order valence-corrected chi connectivity index (χ0v) is 21.4. The monoisotopic (exact) mass is 496 g/mol. The molecule has 0 bridgehead atoms. The minimum atomic E-state index is 0.0950. The molecule has 1 fully saturated rings. The first-order chi connectivity index (χ1) is 18.2. The minimum absolute atomic E-state index is 0.0950. The maximum absolute atomic E-state index is 13.1. The van der Waals surface area contributed by atoms with E-state index in [1.54, 1.807) is 18.3 Å². The average molecular weight is 497 g/mol. The lowest BCUT2D eigenvalue weighted by Gasteiger charge is -2.22. The van der Waals surface area contributed by atoms with E-state index in [-0.39, 0.29) is 17.6 Å². The number of hydrogen-bond acceptors (Lipinski definition) is 4. The lowest BCUT2D eigenvalue weighted by Crippen LogP contribution is -2.34. The number of rotatable bonds is 11. The Morgan fingerprint density at radius 1 is 1.00 bits per heavy atom. The van der Waals surface area contributed by atoms with Crippen molar-refractivity contribution >= 4 is 16.9 Å². The molecule has 1 unspecified atom stereocenters. The summed E-state index contributed by atoms with van der Waals surface area (Å²) < 4.78 is 2.22. The Balaban J connectivity index is 1.18. The SMILES string of the molecule is O=C(NCc1ccccn1)C(CCCCCn1cc(-c2cccc(O)c2)c2cccnc21)C1CCCC1. The topological polar surface area (TPSA) is 80.0 Å². The fourth-order valence-electron chi connectivity index (χ4n) is 5.77. The van der Waals surface area contributed by atoms with Crippen LogP contribution in [0.1, 0.15) is 57.1 Å². The number of carbonyl (C=O) groups excluding carboxylic acids is 1. The van der Waals surface area contributed by atoms with Crippen LogP contribution in [-0.2, 0) is 17.9 Å². The van der Waals surface area contributed by atoms with Crippen LogP contribution >= 0.6 is 0 Å². The summed E-state index contributed by atoms with van der Waals surface area (Å²) in [4.78, 5) is 22.1. The molecule has 37 heavy (non-hydrogen) atoms. The molecule has 0 spiro atoms. The second-order valence-corrected chi connectivity index (χ2v) is 10.2. The summed E-state index contributed by atoms with van der Waals surface area (Å²) in [7, 11) is 0. The number of aromatic nitrogens is 3. The summed E-state index contributed by atoms with van der Waals surface area (Å²) >= 11 is 0. The van der Waals surface area contributed by atoms with Crippen LogP contribution in [0.25, 0.3) is 22.2 Å². The molecule has 1 aromatic carbocycles. The molecule has 0 radical (unpaired) electrons. The maximum atomic E-state index is 13.1. The van der Waals surface area contributed by atoms with Crippen molar-refractivity contribution in [3.63, 3.8) is 0 Å². The van der Waals surface area contributed by atoms with E-state index < -0.39 is 0 Å². The summed E-state index contributed by atoms with van der Waals surface area (Å²) in [6.07, 6.45) is 14.7. The molecule has 1 saturated carbocycles. The molecular weight excluding hydrogens is 460 g/mol. The van der Waals surface area contributed by atoms with Crippen LogP contribution in [0, 0.1) is 11.8 Å². The van der Waals surface area contributed by atoms with Gasteiger partial charge in [-0.3, -0.25) is 9.78 Å². The van der Waals surface area contributed by atoms with E-state index in [1.807, 2.05) is 42.6 Å². The van der Waals surface area contributed by atoms with Gasteiger partial charge in [-0.05, 0) is 73.6 Å². The summed E-state index contributed by atoms with van der Waals surface area (Å²) in [6, 6.07) is 17.2. The van der Waals surface area contributed by atoms with Crippen LogP contribution in [0.2, 0.25) is 0 Å². The first-order valence-electron chi connectivity index (χ1n) is 13.6. The molecule has 3 heterocycles. The largest absolute Gasteiger partial charge is 0.508 e. The van der Waals surface area contributed by atoms with Crippen LogP contribution in [0.3, 0.4) is 0 Å². The molecular formula is C31H36N4O2. The number of phenols is 1. The highest BCUT2D eigenvalue weighted by molar-refractivity contribution is 5.94. The molecule has 6 heteroatoms. The third-order valence-corrected chi connectivity index (χ3v) is 7.68. The molecule has 4 aromatic rings. The molecule has 5 rings (SSSR count). The summed E-state index contributed by atoms with van der Waals surface area (Å²) in [5.41, 5.74) is 3.95. The van der Waals surface area contributed by atoms with E-state index in [0.717, 1.165) is 60.1 Å². The predicted molar refractivity (Wildman–Crippen MR) is 147 cm³/mol. The van der Waals surface area contributed by atoms with Gasteiger partial charge in [0, 0.05) is 42.0 Å². The van der Waals surface area contributed by atoms with Crippen molar-refractivity contribution in [2.24, 2.45) is 11.8 Å². The fourth-order valence-corrected chi connectivity index (χ4v) is 5.77. The number of amides is 1. The van der Waals surface area contributed by atoms with E-state index in [1.165, 1.54) is 25.7 Å². The number of phenolic OH excluding ortho intramolecular Hbond substituents is 1. The van der Waals surface area contributed by atoms with Gasteiger partial charge in [0.05, 0.1) is 12.2 Å². The molecule has 192 valence electrons. The highest BCUT2D eigenvalue weighted by Gasteiger charge is 2.30. The normalized spacial score (nSPS) is 14.7. The second kappa shape index (κ2) is 12.0. The molecule has 1 aliphatic rings. The Bertz CT molecular complexity index is 1310. The van der Waals surface area contributed by atoms with Gasteiger partial charge in [-0.2, -0.15) is 0 Å². The molecule has 1 amide bonds. The highest BCUT2D eigenvalue weighted by atomic mass is 16.3. The molecule has 1 atom stereocenters. The molecule has 3 aromatic heterocycles. The van der Waals surface area contributed by atoms with Gasteiger partial charge >= 0.3 is 0 Å². The molecule has 2 N–H and O–H groups in total. The zero-order chi connectivity index (χ0) is 25.5. The van der Waals surface area contributed by atoms with Crippen LogP contribution in [-0.4, -0.2) is 25.5 Å². The average Bonchev–Trinajstić information content (AvgIpc) is 3.59. The van der Waals surface area contributed by atoms with E-state index in [0.29, 0.717) is 12.5 Å². The second-order valence-electron chi connectivity index (χ2n) is 10.2. The van der Waals surface area contributed by atoms with Gasteiger partial charge in [-0.25, -0.2) is 4.98 Å². The molecule has 1 aliphatic carbocycles. The standard InChI is InChI=1S/C31H36N4O2/c36-26-14-8-12-24(20-26)29-22-35(30-28(29)16-9-18-33-30)19-7-1-2-15-27(23-10-3-4-11-23)31(37)34-21-25-13-5-6-17-32-25/h5-6,8-9,12-14,16-18,20,22-23,27,36H,1-4,7,10-11,15,19,21H2,(H,34,37). The number of unbranched alkanes of at least 4 members (excludes halogenated alkanes) is 2. The Kier molecular flexibility index (Phi) is 8.14. The quantitative estimate of drug-likeness (QED) is 0.233. The van der Waals surface area contributed by atoms with E-state index >= 15 is 0 Å². The number of nitrogens with zero attached hydrogens (tertiary/aromatic N) is 3. The van der Waals surface area contributed by atoms with Gasteiger partial charge in [0.2, 0.25) is 5.91 Å². The zero-order valence-electron chi connectivity index (χ0n) is 21.4. The van der Waals surface area contributed by atoms with Crippen LogP contribution < -0.4 is 5.32 Å². The number of hydrogen-bond donors (Lipinski definition) is 2. The number of carbonyl (C=O) groups is 1. The summed E-state index contributed by atoms with van der Waals surface area (Å²) in [6.45, 7) is 1.38. The van der Waals surface area contributed by atoms with Crippen LogP contribution in [0.15, 0.2) is 73.2 Å². The van der Waals surface area contributed by atoms with Gasteiger partial charge < -0.3 is 15.0 Å². The van der Waals surface area contributed by atoms with Crippen molar-refractivity contribution in [3.8, 4) is 16.9 Å². The van der Waals surface area contributed by atoms with Gasteiger partial charge in [0.15, 0.2) is 0 Å². The molecule has 6 nitrogen and oxygen atoms in total. The van der Waals surface area contributed by atoms with Gasteiger partial charge in [0.25, 0.3) is 0 Å². The number of fused-ring (bicyclic) bond motifs is 1. The Labute approximate surface area is 218 Å². The van der Waals surface area contributed by atoms with Gasteiger partial charge in [-0.15, -0.1) is 0 Å². The van der Waals surface area contributed by atoms with Crippen molar-refractivity contribution < 1.29 is 9.90 Å². The number of pyridine rings is 2. The number of nitrogens with one attached hydrogen (secondary N) is 1. The fraction of sp³-hybridized carbons (Fsp3) is 0.387. The first kappa shape index (κ1) is 25.0. The Morgan fingerprint density at radius 3 is 2.68 bits per heavy atom. The highest BCUT2D eigenvalue weighted by Crippen LogP contribution is 2.35. The van der Waals surface area contributed by atoms with Crippen molar-refractivity contribution in [2.75, 3.05) is 0 Å². The predicted octanol–water partition coefficient (Wildman–Crippen LogP) is 6.49. The maximum Gasteiger partial charge on any atom is 0.223 e. The van der Waals surface area contributed by atoms with E-state index in [4.69, 9.17) is 0 Å². The van der Waals surface area contributed by atoms with E-state index in [9.17, 15) is 9.90 Å². The lowest BCUT2D eigenvalue weighted by molar-refractivity contribution is -0.127. The van der Waals surface area contributed by atoms with Crippen LogP contribution in [0.5, 0.6) is 5.75 Å². The minimum Gasteiger partial charge on any atom is -0.508 e. The number of aryl methyl sites for hydroxylation is 1. The van der Waals surface area contributed by atoms with Crippen molar-refractivity contribution in [1.82, 2.24) is 19.9 Å². The number of aromatic hydroxyl groups is 1. The summed E-state index contributed by atoms with van der Waals surface area (Å²) in [5.74, 6) is 1.06. The Hall–Kier alpha value is -3.67. The van der Waals surface area contributed by atoms with Gasteiger partial charge in [-0.1, -0.05) is 43.9 Å². The third-order valence-electron chi connectivity index (χ3n) is 7.68. The molecule has 0 saturated heterocycles. The molecule has 0 aliphatic heterocycles. The smallest absolute Gasteiger partial charge is 0.223 e. The van der Waals surface area contributed by atoms with Crippen molar-refractivity contribution in [2.45, 2.75) is 64.5 Å². The third kappa shape index (κ3) is 6.19. The van der Waals surface area contributed by atoms with Crippen molar-refractivity contribution in [3.05, 3.63) is 78.9 Å². The number of benzene rings is 1. The van der Waals surface area contributed by atoms with Crippen LogP contribution in [0.4, 0.5) is 0 Å². The van der Waals surface area contributed by atoms with Crippen molar-refractivity contribution in [1.29, 1.82) is 0 Å². The van der Waals surface area contributed by atoms with E-state index in [2.05, 4.69) is 32.1 Å². The first-order valence-corrected chi connectivity index (χ1v) is 13.6. The van der Waals surface area contributed by atoms with Gasteiger partial charge in [0.1, 0.15) is 11.4 Å². The Morgan fingerprint density at radius 2 is 1.86 bits per heavy atom. The summed E-state index contributed by atoms with van der Waals surface area (Å²) in [5, 5.41) is 14.2. The lowest BCUT2D eigenvalue weighted by atomic mass is 9.85.